The van der Waals surface area contributed by atoms with E-state index in [2.05, 4.69) is 9.30 Å². The maximum absolute atomic E-state index is 12.6. The van der Waals surface area contributed by atoms with Crippen LogP contribution in [0.4, 0.5) is 0 Å². The Morgan fingerprint density at radius 1 is 1.19 bits per heavy atom. The molecule has 0 radical (unpaired) electrons. The number of β-amino-alcohol motifs (C(OH)–C–C–N with tert-alkyl or cyclic N) is 1. The van der Waals surface area contributed by atoms with Crippen LogP contribution in [0, 0.1) is 0 Å². The number of ether oxygens (including phenoxy) is 1. The molecular weight excluding hydrogens is 352 g/mol. The highest BCUT2D eigenvalue weighted by Crippen LogP contribution is 2.41. The number of aliphatic hydroxyl groups is 1. The predicted octanol–water partition coefficient (Wildman–Crippen LogP) is 2.46. The molecule has 1 saturated heterocycles. The second-order valence-electron chi connectivity index (χ2n) is 7.72. The van der Waals surface area contributed by atoms with Crippen LogP contribution >= 0.6 is 0 Å². The number of benzene rings is 1. The molecular formula is C19H28N2O4S. The van der Waals surface area contributed by atoms with Crippen LogP contribution in [0.25, 0.3) is 0 Å². The van der Waals surface area contributed by atoms with E-state index < -0.39 is 20.9 Å². The third-order valence-electron chi connectivity index (χ3n) is 5.31. The molecule has 0 bridgehead atoms. The van der Waals surface area contributed by atoms with Gasteiger partial charge in [-0.3, -0.25) is 0 Å². The molecule has 1 fully saturated rings. The van der Waals surface area contributed by atoms with E-state index in [4.69, 9.17) is 9.84 Å². The SMILES string of the molecule is CC1=NS(=O)(=O)C(c2ccc(C3CCN(CCO)CC3)cc2)C(C)(C)O1. The fourth-order valence-electron chi connectivity index (χ4n) is 4.19. The largest absolute Gasteiger partial charge is 0.473 e. The minimum absolute atomic E-state index is 0.192. The molecule has 7 heteroatoms. The van der Waals surface area contributed by atoms with Gasteiger partial charge in [-0.2, -0.15) is 0 Å². The molecule has 0 aliphatic carbocycles. The van der Waals surface area contributed by atoms with Gasteiger partial charge in [-0.1, -0.05) is 24.3 Å². The zero-order valence-electron chi connectivity index (χ0n) is 15.7. The molecule has 2 aliphatic heterocycles. The average Bonchev–Trinajstić information content (AvgIpc) is 2.54. The number of hydrogen-bond donors (Lipinski definition) is 1. The van der Waals surface area contributed by atoms with E-state index in [0.29, 0.717) is 11.5 Å². The van der Waals surface area contributed by atoms with Gasteiger partial charge in [0.15, 0.2) is 5.90 Å². The molecule has 2 aliphatic rings. The molecule has 3 rings (SSSR count). The van der Waals surface area contributed by atoms with E-state index in [1.807, 2.05) is 24.3 Å². The van der Waals surface area contributed by atoms with Gasteiger partial charge in [0.2, 0.25) is 0 Å². The molecule has 1 N–H and O–H groups in total. The lowest BCUT2D eigenvalue weighted by Gasteiger charge is -2.36. The monoisotopic (exact) mass is 380 g/mol. The van der Waals surface area contributed by atoms with Crippen molar-refractivity contribution in [1.29, 1.82) is 0 Å². The maximum atomic E-state index is 12.6. The Hall–Kier alpha value is -1.44. The fraction of sp³-hybridized carbons (Fsp3) is 0.632. The van der Waals surface area contributed by atoms with Gasteiger partial charge in [0, 0.05) is 13.5 Å². The highest BCUT2D eigenvalue weighted by atomic mass is 32.2. The molecule has 2 heterocycles. The van der Waals surface area contributed by atoms with Gasteiger partial charge in [-0.15, -0.1) is 4.40 Å². The minimum Gasteiger partial charge on any atom is -0.473 e. The molecule has 144 valence electrons. The van der Waals surface area contributed by atoms with Gasteiger partial charge in [0.05, 0.1) is 6.61 Å². The number of aliphatic hydroxyl groups excluding tert-OH is 1. The number of piperidine rings is 1. The van der Waals surface area contributed by atoms with E-state index in [1.165, 1.54) is 5.56 Å². The highest BCUT2D eigenvalue weighted by Gasteiger charge is 2.46. The molecule has 1 aromatic rings. The van der Waals surface area contributed by atoms with Gasteiger partial charge in [-0.25, -0.2) is 8.42 Å². The van der Waals surface area contributed by atoms with Crippen molar-refractivity contribution >= 4 is 15.9 Å². The van der Waals surface area contributed by atoms with Crippen LogP contribution in [0.2, 0.25) is 0 Å². The standard InChI is InChI=1S/C19H28N2O4S/c1-14-20-26(23,24)18(19(2,3)25-14)17-6-4-15(5-7-17)16-8-10-21(11-9-16)12-13-22/h4-7,16,18,22H,8-13H2,1-3H3. The van der Waals surface area contributed by atoms with E-state index >= 15 is 0 Å². The van der Waals surface area contributed by atoms with E-state index in [9.17, 15) is 8.42 Å². The summed E-state index contributed by atoms with van der Waals surface area (Å²) in [6.07, 6.45) is 2.11. The van der Waals surface area contributed by atoms with Gasteiger partial charge in [-0.05, 0) is 56.8 Å². The summed E-state index contributed by atoms with van der Waals surface area (Å²) in [4.78, 5) is 2.28. The Labute approximate surface area is 155 Å². The van der Waals surface area contributed by atoms with Crippen LogP contribution in [0.5, 0.6) is 0 Å². The normalized spacial score (nSPS) is 26.2. The fourth-order valence-corrected chi connectivity index (χ4v) is 5.96. The van der Waals surface area contributed by atoms with E-state index in [-0.39, 0.29) is 12.5 Å². The lowest BCUT2D eigenvalue weighted by atomic mass is 9.88. The topological polar surface area (TPSA) is 79.2 Å². The summed E-state index contributed by atoms with van der Waals surface area (Å²) in [7, 11) is -3.65. The van der Waals surface area contributed by atoms with Crippen molar-refractivity contribution in [2.24, 2.45) is 4.40 Å². The van der Waals surface area contributed by atoms with Gasteiger partial charge < -0.3 is 14.7 Å². The van der Waals surface area contributed by atoms with Gasteiger partial charge >= 0.3 is 0 Å². The zero-order chi connectivity index (χ0) is 18.9. The van der Waals surface area contributed by atoms with Gasteiger partial charge in [0.25, 0.3) is 10.0 Å². The van der Waals surface area contributed by atoms with Crippen LogP contribution < -0.4 is 0 Å². The molecule has 0 amide bonds. The number of rotatable bonds is 4. The van der Waals surface area contributed by atoms with Crippen molar-refractivity contribution in [3.63, 3.8) is 0 Å². The Balaban J connectivity index is 1.78. The Morgan fingerprint density at radius 2 is 1.77 bits per heavy atom. The average molecular weight is 381 g/mol. The first-order valence-corrected chi connectivity index (χ1v) is 10.7. The summed E-state index contributed by atoms with van der Waals surface area (Å²) < 4.78 is 34.6. The molecule has 0 aromatic heterocycles. The predicted molar refractivity (Wildman–Crippen MR) is 102 cm³/mol. The van der Waals surface area contributed by atoms with Crippen LogP contribution in [0.1, 0.15) is 55.9 Å². The number of likely N-dealkylation sites (tertiary alicyclic amines) is 1. The molecule has 6 nitrogen and oxygen atoms in total. The molecule has 1 aromatic carbocycles. The van der Waals surface area contributed by atoms with Crippen LogP contribution in [-0.4, -0.2) is 56.2 Å². The number of sulfonamides is 1. The summed E-state index contributed by atoms with van der Waals surface area (Å²) in [5.41, 5.74) is 1.10. The Bertz CT molecular complexity index is 763. The van der Waals surface area contributed by atoms with E-state index in [0.717, 1.165) is 32.5 Å². The molecule has 1 atom stereocenters. The third-order valence-corrected chi connectivity index (χ3v) is 7.26. The van der Waals surface area contributed by atoms with E-state index in [1.54, 1.807) is 20.8 Å². The Morgan fingerprint density at radius 3 is 2.31 bits per heavy atom. The van der Waals surface area contributed by atoms with Crippen molar-refractivity contribution in [3.8, 4) is 0 Å². The van der Waals surface area contributed by atoms with Crippen LogP contribution in [0.3, 0.4) is 0 Å². The second-order valence-corrected chi connectivity index (χ2v) is 9.40. The number of nitrogens with zero attached hydrogens (tertiary/aromatic N) is 2. The molecule has 0 spiro atoms. The van der Waals surface area contributed by atoms with Crippen LogP contribution in [0.15, 0.2) is 28.7 Å². The minimum atomic E-state index is -3.65. The van der Waals surface area contributed by atoms with Crippen molar-refractivity contribution in [3.05, 3.63) is 35.4 Å². The highest BCUT2D eigenvalue weighted by molar-refractivity contribution is 7.90. The summed E-state index contributed by atoms with van der Waals surface area (Å²) in [6.45, 7) is 8.06. The lowest BCUT2D eigenvalue weighted by Crippen LogP contribution is -2.42. The first-order chi connectivity index (χ1) is 12.2. The smallest absolute Gasteiger partial charge is 0.267 e. The summed E-state index contributed by atoms with van der Waals surface area (Å²) >= 11 is 0. The van der Waals surface area contributed by atoms with Crippen molar-refractivity contribution in [1.82, 2.24) is 4.90 Å². The lowest BCUT2D eigenvalue weighted by molar-refractivity contribution is 0.0839. The summed E-state index contributed by atoms with van der Waals surface area (Å²) in [6, 6.07) is 7.88. The maximum Gasteiger partial charge on any atom is 0.267 e. The van der Waals surface area contributed by atoms with Crippen molar-refractivity contribution in [2.75, 3.05) is 26.2 Å². The van der Waals surface area contributed by atoms with Gasteiger partial charge in [0.1, 0.15) is 10.9 Å². The summed E-state index contributed by atoms with van der Waals surface area (Å²) in [5.74, 6) is 0.670. The first kappa shape index (κ1) is 19.3. The van der Waals surface area contributed by atoms with Crippen molar-refractivity contribution < 1.29 is 18.3 Å². The third kappa shape index (κ3) is 3.94. The van der Waals surface area contributed by atoms with Crippen LogP contribution in [-0.2, 0) is 14.8 Å². The summed E-state index contributed by atoms with van der Waals surface area (Å²) in [5, 5.41) is 8.24. The molecule has 26 heavy (non-hydrogen) atoms. The zero-order valence-corrected chi connectivity index (χ0v) is 16.5. The molecule has 0 saturated carbocycles. The Kier molecular flexibility index (Phi) is 5.42. The number of hydrogen-bond acceptors (Lipinski definition) is 5. The van der Waals surface area contributed by atoms with Crippen molar-refractivity contribution in [2.45, 2.75) is 50.4 Å². The quantitative estimate of drug-likeness (QED) is 0.868. The first-order valence-electron chi connectivity index (χ1n) is 9.15. The molecule has 1 unspecified atom stereocenters. The second kappa shape index (κ2) is 7.29.